The molecular formula is C15H24Cl2N2O. The molecule has 3 nitrogen and oxygen atoms in total. The fourth-order valence-corrected chi connectivity index (χ4v) is 2.75. The van der Waals surface area contributed by atoms with Crippen LogP contribution in [0.3, 0.4) is 0 Å². The molecule has 0 unspecified atom stereocenters. The van der Waals surface area contributed by atoms with Crippen molar-refractivity contribution < 1.29 is 4.74 Å². The zero-order chi connectivity index (χ0) is 13.7. The van der Waals surface area contributed by atoms with Gasteiger partial charge in [0.05, 0.1) is 6.61 Å². The summed E-state index contributed by atoms with van der Waals surface area (Å²) in [6, 6.07) is 6.75. The standard InChI is InChI=1S/C15H23ClN2O.ClH/c1-2-19-15-8-3-12(16)9-11(15)10-18-14-6-4-13(17)5-7-14;/h3,8-9,13-14,18H,2,4-7,10,17H2,1H3;1H. The van der Waals surface area contributed by atoms with E-state index in [1.54, 1.807) is 0 Å². The quantitative estimate of drug-likeness (QED) is 0.873. The van der Waals surface area contributed by atoms with Crippen LogP contribution in [0.4, 0.5) is 0 Å². The molecular weight excluding hydrogens is 295 g/mol. The van der Waals surface area contributed by atoms with E-state index in [9.17, 15) is 0 Å². The molecule has 2 rings (SSSR count). The summed E-state index contributed by atoms with van der Waals surface area (Å²) in [5.74, 6) is 0.923. The third kappa shape index (κ3) is 5.13. The highest BCUT2D eigenvalue weighted by Gasteiger charge is 2.18. The van der Waals surface area contributed by atoms with Crippen molar-refractivity contribution in [3.63, 3.8) is 0 Å². The summed E-state index contributed by atoms with van der Waals surface area (Å²) >= 11 is 6.06. The van der Waals surface area contributed by atoms with Gasteiger partial charge in [0.15, 0.2) is 0 Å². The maximum Gasteiger partial charge on any atom is 0.123 e. The average molecular weight is 319 g/mol. The second-order valence-corrected chi connectivity index (χ2v) is 5.61. The average Bonchev–Trinajstić information content (AvgIpc) is 2.41. The van der Waals surface area contributed by atoms with Crippen molar-refractivity contribution >= 4 is 24.0 Å². The third-order valence-electron chi connectivity index (χ3n) is 3.68. The Hall–Kier alpha value is -0.480. The molecule has 1 aliphatic carbocycles. The van der Waals surface area contributed by atoms with Gasteiger partial charge in [-0.25, -0.2) is 0 Å². The van der Waals surface area contributed by atoms with E-state index in [1.807, 2.05) is 25.1 Å². The monoisotopic (exact) mass is 318 g/mol. The van der Waals surface area contributed by atoms with E-state index < -0.39 is 0 Å². The number of rotatable bonds is 5. The van der Waals surface area contributed by atoms with Gasteiger partial charge in [0.1, 0.15) is 5.75 Å². The Morgan fingerprint density at radius 1 is 1.30 bits per heavy atom. The smallest absolute Gasteiger partial charge is 0.123 e. The predicted molar refractivity (Wildman–Crippen MR) is 86.9 cm³/mol. The van der Waals surface area contributed by atoms with Gasteiger partial charge in [-0.3, -0.25) is 0 Å². The topological polar surface area (TPSA) is 47.3 Å². The molecule has 5 heteroatoms. The number of halogens is 2. The van der Waals surface area contributed by atoms with E-state index in [2.05, 4.69) is 5.32 Å². The van der Waals surface area contributed by atoms with Crippen LogP contribution in [0.25, 0.3) is 0 Å². The zero-order valence-electron chi connectivity index (χ0n) is 11.9. The molecule has 20 heavy (non-hydrogen) atoms. The van der Waals surface area contributed by atoms with Crippen LogP contribution in [0.2, 0.25) is 5.02 Å². The van der Waals surface area contributed by atoms with Gasteiger partial charge in [-0.15, -0.1) is 12.4 Å². The molecule has 1 saturated carbocycles. The van der Waals surface area contributed by atoms with Crippen molar-refractivity contribution in [2.24, 2.45) is 5.73 Å². The van der Waals surface area contributed by atoms with Crippen LogP contribution >= 0.6 is 24.0 Å². The highest BCUT2D eigenvalue weighted by Crippen LogP contribution is 2.24. The van der Waals surface area contributed by atoms with Crippen molar-refractivity contribution in [2.45, 2.75) is 51.2 Å². The minimum Gasteiger partial charge on any atom is -0.494 e. The second-order valence-electron chi connectivity index (χ2n) is 5.18. The van der Waals surface area contributed by atoms with Gasteiger partial charge in [0, 0.05) is 29.2 Å². The number of benzene rings is 1. The van der Waals surface area contributed by atoms with E-state index in [0.717, 1.165) is 48.6 Å². The van der Waals surface area contributed by atoms with Crippen LogP contribution in [0, 0.1) is 0 Å². The molecule has 3 N–H and O–H groups in total. The summed E-state index contributed by atoms with van der Waals surface area (Å²) < 4.78 is 5.63. The minimum atomic E-state index is 0. The van der Waals surface area contributed by atoms with Crippen molar-refractivity contribution in [1.82, 2.24) is 5.32 Å². The van der Waals surface area contributed by atoms with Crippen LogP contribution in [0.1, 0.15) is 38.2 Å². The Morgan fingerprint density at radius 3 is 2.65 bits per heavy atom. The SMILES string of the molecule is CCOc1ccc(Cl)cc1CNC1CCC(N)CC1.Cl. The van der Waals surface area contributed by atoms with Gasteiger partial charge in [0.25, 0.3) is 0 Å². The van der Waals surface area contributed by atoms with Gasteiger partial charge < -0.3 is 15.8 Å². The molecule has 0 radical (unpaired) electrons. The van der Waals surface area contributed by atoms with Crippen LogP contribution in [-0.2, 0) is 6.54 Å². The zero-order valence-corrected chi connectivity index (χ0v) is 13.5. The van der Waals surface area contributed by atoms with Crippen LogP contribution in [0.5, 0.6) is 5.75 Å². The van der Waals surface area contributed by atoms with Gasteiger partial charge in [-0.1, -0.05) is 11.6 Å². The van der Waals surface area contributed by atoms with Gasteiger partial charge in [-0.05, 0) is 50.8 Å². The lowest BCUT2D eigenvalue weighted by molar-refractivity contribution is 0.324. The summed E-state index contributed by atoms with van der Waals surface area (Å²) in [6.45, 7) is 3.47. The first-order valence-corrected chi connectivity index (χ1v) is 7.47. The molecule has 0 aliphatic heterocycles. The maximum atomic E-state index is 6.06. The van der Waals surface area contributed by atoms with E-state index in [1.165, 1.54) is 0 Å². The lowest BCUT2D eigenvalue weighted by atomic mass is 9.92. The van der Waals surface area contributed by atoms with Crippen LogP contribution < -0.4 is 15.8 Å². The molecule has 1 aliphatic rings. The number of nitrogens with one attached hydrogen (secondary N) is 1. The summed E-state index contributed by atoms with van der Waals surface area (Å²) in [7, 11) is 0. The Kier molecular flexibility index (Phi) is 7.67. The first-order chi connectivity index (χ1) is 9.19. The number of ether oxygens (including phenoxy) is 1. The Balaban J connectivity index is 0.00000200. The fraction of sp³-hybridized carbons (Fsp3) is 0.600. The number of hydrogen-bond donors (Lipinski definition) is 2. The number of hydrogen-bond acceptors (Lipinski definition) is 3. The third-order valence-corrected chi connectivity index (χ3v) is 3.91. The summed E-state index contributed by atoms with van der Waals surface area (Å²) in [4.78, 5) is 0. The van der Waals surface area contributed by atoms with Gasteiger partial charge >= 0.3 is 0 Å². The Labute approximate surface area is 132 Å². The lowest BCUT2D eigenvalue weighted by Crippen LogP contribution is -2.37. The molecule has 0 amide bonds. The van der Waals surface area contributed by atoms with E-state index >= 15 is 0 Å². The van der Waals surface area contributed by atoms with Crippen molar-refractivity contribution in [1.29, 1.82) is 0 Å². The highest BCUT2D eigenvalue weighted by atomic mass is 35.5. The van der Waals surface area contributed by atoms with Crippen molar-refractivity contribution in [3.8, 4) is 5.75 Å². The molecule has 0 spiro atoms. The first kappa shape index (κ1) is 17.6. The number of nitrogens with two attached hydrogens (primary N) is 1. The molecule has 0 saturated heterocycles. The summed E-state index contributed by atoms with van der Waals surface area (Å²) in [5.41, 5.74) is 7.05. The van der Waals surface area contributed by atoms with Crippen LogP contribution in [-0.4, -0.2) is 18.7 Å². The molecule has 0 bridgehead atoms. The van der Waals surface area contributed by atoms with E-state index in [-0.39, 0.29) is 12.4 Å². The first-order valence-electron chi connectivity index (χ1n) is 7.09. The largest absolute Gasteiger partial charge is 0.494 e. The molecule has 0 heterocycles. The molecule has 1 aromatic rings. The Bertz CT molecular complexity index is 407. The molecule has 1 fully saturated rings. The highest BCUT2D eigenvalue weighted by molar-refractivity contribution is 6.30. The van der Waals surface area contributed by atoms with Crippen molar-refractivity contribution in [3.05, 3.63) is 28.8 Å². The van der Waals surface area contributed by atoms with Gasteiger partial charge in [0.2, 0.25) is 0 Å². The molecule has 1 aromatic carbocycles. The summed E-state index contributed by atoms with van der Waals surface area (Å²) in [6.07, 6.45) is 4.55. The molecule has 0 atom stereocenters. The predicted octanol–water partition coefficient (Wildman–Crippen LogP) is 3.52. The maximum absolute atomic E-state index is 6.06. The summed E-state index contributed by atoms with van der Waals surface area (Å²) in [5, 5.41) is 4.35. The van der Waals surface area contributed by atoms with Crippen LogP contribution in [0.15, 0.2) is 18.2 Å². The minimum absolute atomic E-state index is 0. The van der Waals surface area contributed by atoms with E-state index in [0.29, 0.717) is 18.7 Å². The normalized spacial score (nSPS) is 22.1. The fourth-order valence-electron chi connectivity index (χ4n) is 2.56. The lowest BCUT2D eigenvalue weighted by Gasteiger charge is -2.27. The van der Waals surface area contributed by atoms with Gasteiger partial charge in [-0.2, -0.15) is 0 Å². The Morgan fingerprint density at radius 2 is 2.00 bits per heavy atom. The van der Waals surface area contributed by atoms with E-state index in [4.69, 9.17) is 22.1 Å². The van der Waals surface area contributed by atoms with Crippen molar-refractivity contribution in [2.75, 3.05) is 6.61 Å². The molecule has 0 aromatic heterocycles. The molecule has 114 valence electrons. The second kappa shape index (κ2) is 8.73.